The van der Waals surface area contributed by atoms with E-state index in [1.54, 1.807) is 0 Å². The van der Waals surface area contributed by atoms with Crippen LogP contribution in [-0.4, -0.2) is 41.5 Å². The van der Waals surface area contributed by atoms with Crippen LogP contribution in [0.3, 0.4) is 0 Å². The standard InChI is InChI=1S/C13H27NOS/c1-12(15)13-6-9-14(10-7-13)8-4-2-3-5-11-16/h12-13,15-16H,2-11H2,1H3. The summed E-state index contributed by atoms with van der Waals surface area (Å²) >= 11 is 4.22. The van der Waals surface area contributed by atoms with E-state index in [0.717, 1.165) is 5.75 Å². The zero-order valence-electron chi connectivity index (χ0n) is 10.6. The Balaban J connectivity index is 1.99. The zero-order chi connectivity index (χ0) is 11.8. The Morgan fingerprint density at radius 2 is 1.81 bits per heavy atom. The van der Waals surface area contributed by atoms with Gasteiger partial charge in [-0.25, -0.2) is 0 Å². The van der Waals surface area contributed by atoms with Gasteiger partial charge >= 0.3 is 0 Å². The zero-order valence-corrected chi connectivity index (χ0v) is 11.5. The number of hydrogen-bond acceptors (Lipinski definition) is 3. The van der Waals surface area contributed by atoms with Crippen molar-refractivity contribution in [3.8, 4) is 0 Å². The molecule has 0 aromatic rings. The highest BCUT2D eigenvalue weighted by atomic mass is 32.1. The van der Waals surface area contributed by atoms with Crippen molar-refractivity contribution < 1.29 is 5.11 Å². The first kappa shape index (κ1) is 14.3. The van der Waals surface area contributed by atoms with Crippen LogP contribution < -0.4 is 0 Å². The predicted octanol–water partition coefficient (Wildman–Crippen LogP) is 2.57. The summed E-state index contributed by atoms with van der Waals surface area (Å²) in [6.45, 7) is 5.54. The van der Waals surface area contributed by atoms with E-state index in [1.807, 2.05) is 6.92 Å². The van der Waals surface area contributed by atoms with E-state index in [2.05, 4.69) is 17.5 Å². The quantitative estimate of drug-likeness (QED) is 0.532. The lowest BCUT2D eigenvalue weighted by Gasteiger charge is -2.33. The molecule has 1 saturated heterocycles. The normalized spacial score (nSPS) is 21.2. The van der Waals surface area contributed by atoms with E-state index in [-0.39, 0.29) is 6.10 Å². The number of aliphatic hydroxyl groups excluding tert-OH is 1. The Labute approximate surface area is 106 Å². The minimum Gasteiger partial charge on any atom is -0.393 e. The molecular weight excluding hydrogens is 218 g/mol. The van der Waals surface area contributed by atoms with Crippen LogP contribution in [0.5, 0.6) is 0 Å². The van der Waals surface area contributed by atoms with E-state index < -0.39 is 0 Å². The maximum atomic E-state index is 9.51. The van der Waals surface area contributed by atoms with Crippen LogP contribution in [0.15, 0.2) is 0 Å². The molecule has 0 amide bonds. The van der Waals surface area contributed by atoms with Crippen LogP contribution in [0.2, 0.25) is 0 Å². The van der Waals surface area contributed by atoms with Gasteiger partial charge in [0.25, 0.3) is 0 Å². The largest absolute Gasteiger partial charge is 0.393 e. The summed E-state index contributed by atoms with van der Waals surface area (Å²) in [5.74, 6) is 1.57. The van der Waals surface area contributed by atoms with Crippen molar-refractivity contribution in [2.45, 2.75) is 51.6 Å². The Hall–Kier alpha value is 0.270. The van der Waals surface area contributed by atoms with E-state index in [1.165, 1.54) is 58.2 Å². The molecule has 0 bridgehead atoms. The summed E-state index contributed by atoms with van der Waals surface area (Å²) in [4.78, 5) is 2.56. The van der Waals surface area contributed by atoms with Crippen molar-refractivity contribution >= 4 is 12.6 Å². The molecule has 1 aliphatic rings. The minimum atomic E-state index is -0.113. The maximum absolute atomic E-state index is 9.51. The molecular formula is C13H27NOS. The van der Waals surface area contributed by atoms with Gasteiger partial charge in [-0.2, -0.15) is 12.6 Å². The van der Waals surface area contributed by atoms with Crippen LogP contribution in [-0.2, 0) is 0 Å². The van der Waals surface area contributed by atoms with Gasteiger partial charge < -0.3 is 10.0 Å². The molecule has 1 fully saturated rings. The van der Waals surface area contributed by atoms with Crippen molar-refractivity contribution in [2.24, 2.45) is 5.92 Å². The van der Waals surface area contributed by atoms with Crippen LogP contribution in [0.25, 0.3) is 0 Å². The molecule has 0 aliphatic carbocycles. The second kappa shape index (κ2) is 8.37. The third kappa shape index (κ3) is 5.55. The molecule has 3 heteroatoms. The number of nitrogens with zero attached hydrogens (tertiary/aromatic N) is 1. The molecule has 1 N–H and O–H groups in total. The number of rotatable bonds is 7. The number of unbranched alkanes of at least 4 members (excludes halogenated alkanes) is 3. The Kier molecular flexibility index (Phi) is 7.50. The number of aliphatic hydroxyl groups is 1. The second-order valence-corrected chi connectivity index (χ2v) is 5.50. The Bertz CT molecular complexity index is 167. The maximum Gasteiger partial charge on any atom is 0.0541 e. The molecule has 1 rings (SSSR count). The van der Waals surface area contributed by atoms with Crippen molar-refractivity contribution in [1.29, 1.82) is 0 Å². The summed E-state index contributed by atoms with van der Waals surface area (Å²) in [5.41, 5.74) is 0. The molecule has 0 saturated carbocycles. The lowest BCUT2D eigenvalue weighted by molar-refractivity contribution is 0.0713. The van der Waals surface area contributed by atoms with Crippen molar-refractivity contribution in [3.63, 3.8) is 0 Å². The molecule has 16 heavy (non-hydrogen) atoms. The third-order valence-electron chi connectivity index (χ3n) is 3.70. The van der Waals surface area contributed by atoms with Crippen LogP contribution in [0.1, 0.15) is 45.4 Å². The summed E-state index contributed by atoms with van der Waals surface area (Å²) in [5, 5.41) is 9.51. The molecule has 0 radical (unpaired) electrons. The highest BCUT2D eigenvalue weighted by molar-refractivity contribution is 7.80. The lowest BCUT2D eigenvalue weighted by Crippen LogP contribution is -2.37. The monoisotopic (exact) mass is 245 g/mol. The van der Waals surface area contributed by atoms with Crippen molar-refractivity contribution in [2.75, 3.05) is 25.4 Å². The average molecular weight is 245 g/mol. The molecule has 1 unspecified atom stereocenters. The van der Waals surface area contributed by atoms with Gasteiger partial charge in [-0.15, -0.1) is 0 Å². The minimum absolute atomic E-state index is 0.113. The molecule has 2 nitrogen and oxygen atoms in total. The van der Waals surface area contributed by atoms with Crippen LogP contribution >= 0.6 is 12.6 Å². The topological polar surface area (TPSA) is 23.5 Å². The van der Waals surface area contributed by atoms with Crippen LogP contribution in [0, 0.1) is 5.92 Å². The molecule has 0 aromatic carbocycles. The van der Waals surface area contributed by atoms with Crippen molar-refractivity contribution in [1.82, 2.24) is 4.90 Å². The molecule has 0 aromatic heterocycles. The number of hydrogen-bond donors (Lipinski definition) is 2. The Morgan fingerprint density at radius 3 is 2.38 bits per heavy atom. The first-order chi connectivity index (χ1) is 7.74. The van der Waals surface area contributed by atoms with E-state index in [4.69, 9.17) is 0 Å². The van der Waals surface area contributed by atoms with Gasteiger partial charge in [-0.1, -0.05) is 12.8 Å². The number of thiol groups is 1. The smallest absolute Gasteiger partial charge is 0.0541 e. The first-order valence-electron chi connectivity index (χ1n) is 6.75. The fraction of sp³-hybridized carbons (Fsp3) is 1.00. The fourth-order valence-electron chi connectivity index (χ4n) is 2.46. The first-order valence-corrected chi connectivity index (χ1v) is 7.38. The van der Waals surface area contributed by atoms with Gasteiger partial charge in [0.15, 0.2) is 0 Å². The van der Waals surface area contributed by atoms with Crippen LogP contribution in [0.4, 0.5) is 0 Å². The highest BCUT2D eigenvalue weighted by Crippen LogP contribution is 2.20. The predicted molar refractivity (Wildman–Crippen MR) is 73.2 cm³/mol. The SMILES string of the molecule is CC(O)C1CCN(CCCCCCS)CC1. The average Bonchev–Trinajstić information content (AvgIpc) is 2.29. The van der Waals surface area contributed by atoms with Gasteiger partial charge in [-0.05, 0) is 63.9 Å². The summed E-state index contributed by atoms with van der Waals surface area (Å²) < 4.78 is 0. The lowest BCUT2D eigenvalue weighted by atomic mass is 9.92. The van der Waals surface area contributed by atoms with Gasteiger partial charge in [0.2, 0.25) is 0 Å². The Morgan fingerprint density at radius 1 is 1.19 bits per heavy atom. The highest BCUT2D eigenvalue weighted by Gasteiger charge is 2.21. The molecule has 96 valence electrons. The molecule has 1 atom stereocenters. The second-order valence-electron chi connectivity index (χ2n) is 5.06. The van der Waals surface area contributed by atoms with Gasteiger partial charge in [-0.3, -0.25) is 0 Å². The molecule has 0 spiro atoms. The fourth-order valence-corrected chi connectivity index (χ4v) is 2.68. The van der Waals surface area contributed by atoms with E-state index >= 15 is 0 Å². The molecule has 1 aliphatic heterocycles. The van der Waals surface area contributed by atoms with E-state index in [0.29, 0.717) is 5.92 Å². The molecule has 1 heterocycles. The third-order valence-corrected chi connectivity index (χ3v) is 4.01. The summed E-state index contributed by atoms with van der Waals surface area (Å²) in [7, 11) is 0. The number of likely N-dealkylation sites (tertiary alicyclic amines) is 1. The van der Waals surface area contributed by atoms with Gasteiger partial charge in [0.05, 0.1) is 6.10 Å². The van der Waals surface area contributed by atoms with Gasteiger partial charge in [0.1, 0.15) is 0 Å². The number of piperidine rings is 1. The van der Waals surface area contributed by atoms with Crippen molar-refractivity contribution in [3.05, 3.63) is 0 Å². The van der Waals surface area contributed by atoms with E-state index in [9.17, 15) is 5.11 Å². The summed E-state index contributed by atoms with van der Waals surface area (Å²) in [6.07, 6.45) is 7.49. The summed E-state index contributed by atoms with van der Waals surface area (Å²) in [6, 6.07) is 0. The van der Waals surface area contributed by atoms with Gasteiger partial charge in [0, 0.05) is 0 Å².